The van der Waals surface area contributed by atoms with Crippen molar-refractivity contribution in [3.63, 3.8) is 0 Å². The number of anilines is 2. The smallest absolute Gasteiger partial charge is 0.242 e. The average molecular weight is 393 g/mol. The zero-order chi connectivity index (χ0) is 18.8. The van der Waals surface area contributed by atoms with E-state index in [2.05, 4.69) is 9.97 Å². The minimum absolute atomic E-state index is 0.0498. The summed E-state index contributed by atoms with van der Waals surface area (Å²) in [7, 11) is 0. The molecule has 10 heteroatoms. The number of thiazole rings is 2. The normalized spacial score (nSPS) is 11.2. The van der Waals surface area contributed by atoms with Gasteiger partial charge in [-0.1, -0.05) is 22.7 Å². The average Bonchev–Trinajstić information content (AvgIpc) is 3.23. The molecule has 3 aromatic rings. The first kappa shape index (κ1) is 18.6. The van der Waals surface area contributed by atoms with E-state index in [9.17, 15) is 9.59 Å². The van der Waals surface area contributed by atoms with Crippen LogP contribution in [0.2, 0.25) is 0 Å². The molecule has 0 aliphatic rings. The topological polar surface area (TPSA) is 118 Å². The van der Waals surface area contributed by atoms with Crippen molar-refractivity contribution in [3.8, 4) is 0 Å². The van der Waals surface area contributed by atoms with Crippen LogP contribution in [0.15, 0.2) is 12.1 Å². The monoisotopic (exact) mass is 392 g/mol. The SMILES string of the molecule is CCN(C(=O)CN)c1nc2cc3nc(N(CC)C(=O)CN)sc3cc2s1. The zero-order valence-electron chi connectivity index (χ0n) is 14.6. The van der Waals surface area contributed by atoms with Crippen LogP contribution in [-0.4, -0.2) is 48.0 Å². The summed E-state index contributed by atoms with van der Waals surface area (Å²) in [5, 5.41) is 1.26. The lowest BCUT2D eigenvalue weighted by Crippen LogP contribution is -2.35. The number of nitrogens with two attached hydrogens (primary N) is 2. The van der Waals surface area contributed by atoms with E-state index in [0.717, 1.165) is 20.4 Å². The van der Waals surface area contributed by atoms with E-state index in [1.165, 1.54) is 22.7 Å². The van der Waals surface area contributed by atoms with Gasteiger partial charge in [-0.05, 0) is 26.0 Å². The number of nitrogens with zero attached hydrogens (tertiary/aromatic N) is 4. The summed E-state index contributed by atoms with van der Waals surface area (Å²) in [6, 6.07) is 3.88. The number of rotatable bonds is 6. The van der Waals surface area contributed by atoms with Gasteiger partial charge in [0.25, 0.3) is 0 Å². The molecule has 0 atom stereocenters. The summed E-state index contributed by atoms with van der Waals surface area (Å²) in [6.07, 6.45) is 0. The molecule has 2 heterocycles. The van der Waals surface area contributed by atoms with E-state index >= 15 is 0 Å². The Labute approximate surface area is 158 Å². The van der Waals surface area contributed by atoms with Gasteiger partial charge in [0.15, 0.2) is 10.3 Å². The van der Waals surface area contributed by atoms with Gasteiger partial charge < -0.3 is 11.5 Å². The van der Waals surface area contributed by atoms with Crippen molar-refractivity contribution < 1.29 is 9.59 Å². The van der Waals surface area contributed by atoms with E-state index in [4.69, 9.17) is 11.5 Å². The molecule has 0 spiro atoms. The molecule has 1 aromatic carbocycles. The molecular formula is C16H20N6O2S2. The van der Waals surface area contributed by atoms with Gasteiger partial charge in [0, 0.05) is 13.1 Å². The molecule has 2 amide bonds. The fourth-order valence-electron chi connectivity index (χ4n) is 2.61. The third-order valence-electron chi connectivity index (χ3n) is 3.92. The Balaban J connectivity index is 2.03. The number of benzene rings is 1. The van der Waals surface area contributed by atoms with Crippen molar-refractivity contribution in [2.45, 2.75) is 13.8 Å². The Kier molecular flexibility index (Phi) is 5.47. The van der Waals surface area contributed by atoms with Crippen molar-refractivity contribution in [3.05, 3.63) is 12.1 Å². The fraction of sp³-hybridized carbons (Fsp3) is 0.375. The molecule has 2 aromatic heterocycles. The Bertz CT molecular complexity index is 842. The van der Waals surface area contributed by atoms with Crippen LogP contribution in [-0.2, 0) is 9.59 Å². The van der Waals surface area contributed by atoms with Crippen LogP contribution < -0.4 is 21.3 Å². The van der Waals surface area contributed by atoms with Gasteiger partial charge in [0.05, 0.1) is 33.5 Å². The lowest BCUT2D eigenvalue weighted by atomic mass is 10.3. The molecule has 0 fully saturated rings. The first-order valence-electron chi connectivity index (χ1n) is 8.24. The highest BCUT2D eigenvalue weighted by atomic mass is 32.1. The summed E-state index contributed by atoms with van der Waals surface area (Å²) in [4.78, 5) is 36.2. The first-order chi connectivity index (χ1) is 12.5. The maximum absolute atomic E-state index is 12.0. The van der Waals surface area contributed by atoms with E-state index in [1.807, 2.05) is 26.0 Å². The highest BCUT2D eigenvalue weighted by Crippen LogP contribution is 2.36. The van der Waals surface area contributed by atoms with Crippen molar-refractivity contribution in [1.29, 1.82) is 0 Å². The molecule has 26 heavy (non-hydrogen) atoms. The molecule has 0 aliphatic heterocycles. The number of hydrogen-bond acceptors (Lipinski definition) is 8. The predicted octanol–water partition coefficient (Wildman–Crippen LogP) is 1.53. The van der Waals surface area contributed by atoms with Gasteiger partial charge in [-0.2, -0.15) is 0 Å². The van der Waals surface area contributed by atoms with Gasteiger partial charge in [-0.3, -0.25) is 19.4 Å². The molecule has 4 N–H and O–H groups in total. The maximum Gasteiger partial charge on any atom is 0.242 e. The van der Waals surface area contributed by atoms with Crippen LogP contribution in [0.5, 0.6) is 0 Å². The van der Waals surface area contributed by atoms with Crippen molar-refractivity contribution in [2.75, 3.05) is 36.0 Å². The van der Waals surface area contributed by atoms with E-state index < -0.39 is 0 Å². The lowest BCUT2D eigenvalue weighted by molar-refractivity contribution is -0.118. The highest BCUT2D eigenvalue weighted by molar-refractivity contribution is 7.24. The minimum Gasteiger partial charge on any atom is -0.322 e. The molecule has 0 radical (unpaired) electrons. The zero-order valence-corrected chi connectivity index (χ0v) is 16.2. The van der Waals surface area contributed by atoms with Crippen molar-refractivity contribution >= 4 is 65.2 Å². The Morgan fingerprint density at radius 3 is 1.65 bits per heavy atom. The maximum atomic E-state index is 12.0. The van der Waals surface area contributed by atoms with Crippen LogP contribution in [0.4, 0.5) is 10.3 Å². The third-order valence-corrected chi connectivity index (χ3v) is 6.00. The Hall–Kier alpha value is -2.14. The Morgan fingerprint density at radius 2 is 1.31 bits per heavy atom. The van der Waals surface area contributed by atoms with E-state index in [0.29, 0.717) is 23.4 Å². The predicted molar refractivity (Wildman–Crippen MR) is 107 cm³/mol. The standard InChI is InChI=1S/C16H20N6O2S2/c1-3-21(13(23)7-17)15-19-9-5-10-12(6-11(9)25-15)26-16(20-10)22(4-2)14(24)8-18/h5-6H,3-4,7-8,17-18H2,1-2H3. The number of likely N-dealkylation sites (N-methyl/N-ethyl adjacent to an activating group) is 2. The molecule has 138 valence electrons. The summed E-state index contributed by atoms with van der Waals surface area (Å²) in [5.41, 5.74) is 12.5. The minimum atomic E-state index is -0.160. The summed E-state index contributed by atoms with van der Waals surface area (Å²) < 4.78 is 1.92. The van der Waals surface area contributed by atoms with Gasteiger partial charge in [-0.15, -0.1) is 0 Å². The van der Waals surface area contributed by atoms with Crippen LogP contribution >= 0.6 is 22.7 Å². The number of carbonyl (C=O) groups is 2. The Morgan fingerprint density at radius 1 is 0.885 bits per heavy atom. The third kappa shape index (κ3) is 3.28. The van der Waals surface area contributed by atoms with Crippen LogP contribution in [0.25, 0.3) is 20.4 Å². The van der Waals surface area contributed by atoms with Crippen LogP contribution in [0, 0.1) is 0 Å². The second kappa shape index (κ2) is 7.62. The number of carbonyl (C=O) groups excluding carboxylic acids is 2. The van der Waals surface area contributed by atoms with Crippen LogP contribution in [0.3, 0.4) is 0 Å². The van der Waals surface area contributed by atoms with E-state index in [1.54, 1.807) is 9.80 Å². The number of aromatic nitrogens is 2. The second-order valence-electron chi connectivity index (χ2n) is 5.46. The molecule has 0 saturated carbocycles. The van der Waals surface area contributed by atoms with Gasteiger partial charge in [-0.25, -0.2) is 9.97 Å². The number of amides is 2. The molecule has 0 bridgehead atoms. The largest absolute Gasteiger partial charge is 0.322 e. The lowest BCUT2D eigenvalue weighted by Gasteiger charge is -2.16. The quantitative estimate of drug-likeness (QED) is 0.657. The number of fused-ring (bicyclic) bond motifs is 2. The van der Waals surface area contributed by atoms with Crippen LogP contribution in [0.1, 0.15) is 13.8 Å². The van der Waals surface area contributed by atoms with E-state index in [-0.39, 0.29) is 24.9 Å². The first-order valence-corrected chi connectivity index (χ1v) is 9.87. The van der Waals surface area contributed by atoms with Crippen molar-refractivity contribution in [2.24, 2.45) is 11.5 Å². The second-order valence-corrected chi connectivity index (χ2v) is 7.48. The summed E-state index contributed by atoms with van der Waals surface area (Å²) in [6.45, 7) is 4.70. The molecular weight excluding hydrogens is 372 g/mol. The summed E-state index contributed by atoms with van der Waals surface area (Å²) >= 11 is 2.88. The van der Waals surface area contributed by atoms with Gasteiger partial charge >= 0.3 is 0 Å². The molecule has 0 aliphatic carbocycles. The number of hydrogen-bond donors (Lipinski definition) is 2. The molecule has 8 nitrogen and oxygen atoms in total. The molecule has 3 rings (SSSR count). The molecule has 0 unspecified atom stereocenters. The summed E-state index contributed by atoms with van der Waals surface area (Å²) in [5.74, 6) is -0.319. The fourth-order valence-corrected chi connectivity index (χ4v) is 4.82. The molecule has 0 saturated heterocycles. The van der Waals surface area contributed by atoms with Gasteiger partial charge in [0.2, 0.25) is 11.8 Å². The van der Waals surface area contributed by atoms with Crippen molar-refractivity contribution in [1.82, 2.24) is 9.97 Å². The highest BCUT2D eigenvalue weighted by Gasteiger charge is 2.20. The van der Waals surface area contributed by atoms with Gasteiger partial charge in [0.1, 0.15) is 0 Å².